The van der Waals surface area contributed by atoms with Gasteiger partial charge in [0.1, 0.15) is 4.83 Å². The molecule has 12 heteroatoms. The first-order chi connectivity index (χ1) is 18.4. The molecule has 5 heterocycles. The summed E-state index contributed by atoms with van der Waals surface area (Å²) in [6, 6.07) is 1.74. The number of thiazole rings is 1. The molecule has 6 rings (SSSR count). The van der Waals surface area contributed by atoms with Gasteiger partial charge in [-0.1, -0.05) is 6.42 Å². The molecule has 3 N–H and O–H groups in total. The fourth-order valence-corrected chi connectivity index (χ4v) is 6.39. The van der Waals surface area contributed by atoms with Crippen LogP contribution >= 0.6 is 11.3 Å². The van der Waals surface area contributed by atoms with Gasteiger partial charge in [0.25, 0.3) is 5.91 Å². The summed E-state index contributed by atoms with van der Waals surface area (Å²) in [6.07, 6.45) is 13.6. The molecule has 4 aromatic rings. The molecule has 2 amide bonds. The van der Waals surface area contributed by atoms with Crippen LogP contribution in [-0.4, -0.2) is 72.4 Å². The second-order valence-corrected chi connectivity index (χ2v) is 11.3. The number of likely N-dealkylation sites (tertiary alicyclic amines) is 1. The predicted molar refractivity (Wildman–Crippen MR) is 144 cm³/mol. The van der Waals surface area contributed by atoms with E-state index < -0.39 is 0 Å². The zero-order valence-corrected chi connectivity index (χ0v) is 22.0. The number of amides is 2. The molecule has 0 unspecified atom stereocenters. The highest BCUT2D eigenvalue weighted by molar-refractivity contribution is 7.21. The van der Waals surface area contributed by atoms with Crippen LogP contribution in [0.4, 0.5) is 11.4 Å². The molecular weight excluding hydrogens is 504 g/mol. The van der Waals surface area contributed by atoms with Crippen molar-refractivity contribution in [3.63, 3.8) is 0 Å². The molecule has 1 aliphatic carbocycles. The summed E-state index contributed by atoms with van der Waals surface area (Å²) < 4.78 is 3.34. The standard InChI is InChI=1S/C26H30N8O3S/c1-17-21(9-19(11-27-17)30-23(36)15-32-6-5-26(16-32)3-2-4-26)31-24(37)20-12-29-34-14-22(38-25(20)34)18-10-28-33(13-18)7-8-35/h9-14,35H,2-8,15-16H2,1H3,(H,30,36)(H,31,37). The van der Waals surface area contributed by atoms with E-state index in [9.17, 15) is 9.59 Å². The molecule has 0 aromatic carbocycles. The highest BCUT2D eigenvalue weighted by atomic mass is 32.1. The largest absolute Gasteiger partial charge is 0.394 e. The van der Waals surface area contributed by atoms with Gasteiger partial charge < -0.3 is 15.7 Å². The van der Waals surface area contributed by atoms with Crippen LogP contribution in [0.1, 0.15) is 41.7 Å². The number of anilines is 2. The van der Waals surface area contributed by atoms with E-state index in [1.165, 1.54) is 37.0 Å². The van der Waals surface area contributed by atoms with Crippen molar-refractivity contribution < 1.29 is 14.7 Å². The van der Waals surface area contributed by atoms with E-state index in [-0.39, 0.29) is 18.4 Å². The Hall–Kier alpha value is -3.61. The quantitative estimate of drug-likeness (QED) is 0.317. The van der Waals surface area contributed by atoms with Gasteiger partial charge in [0.15, 0.2) is 0 Å². The number of rotatable bonds is 8. The number of aliphatic hydroxyl groups is 1. The topological polar surface area (TPSA) is 130 Å². The maximum Gasteiger partial charge on any atom is 0.260 e. The SMILES string of the molecule is Cc1ncc(NC(=O)CN2CCC3(CCC3)C2)cc1NC(=O)c1cnn2cc(-c3cnn(CCO)c3)sc12. The van der Waals surface area contributed by atoms with Crippen LogP contribution in [0.3, 0.4) is 0 Å². The molecule has 1 spiro atoms. The fourth-order valence-electron chi connectivity index (χ4n) is 5.36. The average molecular weight is 535 g/mol. The maximum atomic E-state index is 13.2. The molecule has 2 aliphatic rings. The lowest BCUT2D eigenvalue weighted by atomic mass is 9.68. The number of fused-ring (bicyclic) bond motifs is 1. The van der Waals surface area contributed by atoms with E-state index in [4.69, 9.17) is 5.11 Å². The van der Waals surface area contributed by atoms with Gasteiger partial charge in [-0.15, -0.1) is 11.3 Å². The molecule has 1 saturated carbocycles. The van der Waals surface area contributed by atoms with Crippen LogP contribution in [-0.2, 0) is 11.3 Å². The van der Waals surface area contributed by atoms with Gasteiger partial charge in [-0.2, -0.15) is 10.2 Å². The predicted octanol–water partition coefficient (Wildman–Crippen LogP) is 3.02. The van der Waals surface area contributed by atoms with Crippen LogP contribution in [0.15, 0.2) is 37.1 Å². The van der Waals surface area contributed by atoms with Crippen LogP contribution < -0.4 is 10.6 Å². The van der Waals surface area contributed by atoms with Crippen molar-refractivity contribution in [2.75, 3.05) is 36.9 Å². The molecule has 4 aromatic heterocycles. The Labute approximate surface area is 223 Å². The molecule has 1 aliphatic heterocycles. The Morgan fingerprint density at radius 1 is 1.13 bits per heavy atom. The summed E-state index contributed by atoms with van der Waals surface area (Å²) in [5.41, 5.74) is 3.51. The molecule has 11 nitrogen and oxygen atoms in total. The second kappa shape index (κ2) is 9.93. The number of aromatic nitrogens is 5. The number of hydrogen-bond acceptors (Lipinski definition) is 8. The van der Waals surface area contributed by atoms with Gasteiger partial charge in [-0.3, -0.25) is 24.2 Å². The van der Waals surface area contributed by atoms with E-state index in [2.05, 4.69) is 30.7 Å². The minimum absolute atomic E-state index is 0.0113. The third kappa shape index (κ3) is 4.82. The minimum Gasteiger partial charge on any atom is -0.394 e. The van der Waals surface area contributed by atoms with Gasteiger partial charge in [-0.25, -0.2) is 4.52 Å². The van der Waals surface area contributed by atoms with Crippen molar-refractivity contribution >= 4 is 39.4 Å². The van der Waals surface area contributed by atoms with Crippen molar-refractivity contribution in [3.05, 3.63) is 48.3 Å². The molecule has 0 radical (unpaired) electrons. The zero-order chi connectivity index (χ0) is 26.3. The first-order valence-corrected chi connectivity index (χ1v) is 13.6. The molecular formula is C26H30N8O3S. The van der Waals surface area contributed by atoms with Crippen molar-refractivity contribution in [3.8, 4) is 10.4 Å². The maximum absolute atomic E-state index is 13.2. The summed E-state index contributed by atoms with van der Waals surface area (Å²) in [5.74, 6) is -0.378. The van der Waals surface area contributed by atoms with Crippen molar-refractivity contribution in [1.82, 2.24) is 29.3 Å². The Bertz CT molecular complexity index is 1500. The zero-order valence-electron chi connectivity index (χ0n) is 21.2. The monoisotopic (exact) mass is 534 g/mol. The van der Waals surface area contributed by atoms with Crippen LogP contribution in [0, 0.1) is 12.3 Å². The van der Waals surface area contributed by atoms with Crippen molar-refractivity contribution in [1.29, 1.82) is 0 Å². The minimum atomic E-state index is -0.305. The van der Waals surface area contributed by atoms with E-state index in [0.717, 1.165) is 23.5 Å². The van der Waals surface area contributed by atoms with Gasteiger partial charge in [0.2, 0.25) is 5.91 Å². The van der Waals surface area contributed by atoms with E-state index in [0.29, 0.717) is 46.0 Å². The Morgan fingerprint density at radius 2 is 2.00 bits per heavy atom. The van der Waals surface area contributed by atoms with Crippen molar-refractivity contribution in [2.24, 2.45) is 5.41 Å². The Balaban J connectivity index is 1.13. The molecule has 2 fully saturated rings. The third-order valence-electron chi connectivity index (χ3n) is 7.61. The summed E-state index contributed by atoms with van der Waals surface area (Å²) in [6.45, 7) is 4.58. The highest BCUT2D eigenvalue weighted by Gasteiger charge is 2.42. The van der Waals surface area contributed by atoms with Gasteiger partial charge >= 0.3 is 0 Å². The molecule has 0 atom stereocenters. The van der Waals surface area contributed by atoms with Crippen LogP contribution in [0.5, 0.6) is 0 Å². The normalized spacial score (nSPS) is 16.7. The number of carbonyl (C=O) groups is 2. The summed E-state index contributed by atoms with van der Waals surface area (Å²) in [7, 11) is 0. The molecule has 38 heavy (non-hydrogen) atoms. The third-order valence-corrected chi connectivity index (χ3v) is 8.77. The lowest BCUT2D eigenvalue weighted by molar-refractivity contribution is -0.117. The lowest BCUT2D eigenvalue weighted by Crippen LogP contribution is -2.36. The number of aliphatic hydroxyl groups excluding tert-OH is 1. The Morgan fingerprint density at radius 3 is 2.76 bits per heavy atom. The molecule has 0 bridgehead atoms. The summed E-state index contributed by atoms with van der Waals surface area (Å²) in [5, 5.41) is 23.6. The van der Waals surface area contributed by atoms with Crippen LogP contribution in [0.2, 0.25) is 0 Å². The van der Waals surface area contributed by atoms with Gasteiger partial charge in [-0.05, 0) is 44.2 Å². The highest BCUT2D eigenvalue weighted by Crippen LogP contribution is 2.47. The number of aryl methyl sites for hydroxylation is 1. The smallest absolute Gasteiger partial charge is 0.260 e. The van der Waals surface area contributed by atoms with E-state index in [1.54, 1.807) is 33.9 Å². The fraction of sp³-hybridized carbons (Fsp3) is 0.423. The second-order valence-electron chi connectivity index (χ2n) is 10.3. The number of pyridine rings is 1. The first-order valence-electron chi connectivity index (χ1n) is 12.8. The summed E-state index contributed by atoms with van der Waals surface area (Å²) >= 11 is 1.44. The Kier molecular flexibility index (Phi) is 6.46. The van der Waals surface area contributed by atoms with Gasteiger partial charge in [0, 0.05) is 24.5 Å². The lowest BCUT2D eigenvalue weighted by Gasteiger charge is -2.38. The van der Waals surface area contributed by atoms with E-state index in [1.807, 2.05) is 19.3 Å². The molecule has 198 valence electrons. The van der Waals surface area contributed by atoms with Crippen molar-refractivity contribution in [2.45, 2.75) is 39.2 Å². The van der Waals surface area contributed by atoms with Gasteiger partial charge in [0.05, 0.1) is 65.8 Å². The average Bonchev–Trinajstić information content (AvgIpc) is 3.64. The first kappa shape index (κ1) is 24.7. The number of nitrogens with one attached hydrogen (secondary N) is 2. The summed E-state index contributed by atoms with van der Waals surface area (Å²) in [4.78, 5) is 34.1. The molecule has 1 saturated heterocycles. The number of nitrogens with zero attached hydrogens (tertiary/aromatic N) is 6. The van der Waals surface area contributed by atoms with E-state index >= 15 is 0 Å². The number of carbonyl (C=O) groups excluding carboxylic acids is 2. The van der Waals surface area contributed by atoms with Crippen LogP contribution in [0.25, 0.3) is 15.3 Å². The number of hydrogen-bond donors (Lipinski definition) is 3.